The normalized spacial score (nSPS) is 12.0. The van der Waals surface area contributed by atoms with E-state index in [9.17, 15) is 22.8 Å². The first-order valence-corrected chi connectivity index (χ1v) is 8.79. The number of ether oxygens (including phenoxy) is 1. The molecule has 2 rings (SSSR count). The highest BCUT2D eigenvalue weighted by Gasteiger charge is 2.35. The Morgan fingerprint density at radius 1 is 1.07 bits per heavy atom. The molecule has 0 amide bonds. The van der Waals surface area contributed by atoms with Gasteiger partial charge in [0.2, 0.25) is 0 Å². The molecule has 0 atom stereocenters. The van der Waals surface area contributed by atoms with Gasteiger partial charge in [-0.05, 0) is 67.8 Å². The predicted octanol–water partition coefficient (Wildman–Crippen LogP) is 5.96. The average Bonchev–Trinajstić information content (AvgIpc) is 2.57. The number of hydrogen-bond acceptors (Lipinski definition) is 3. The smallest absolute Gasteiger partial charge is 0.417 e. The number of carbonyl (C=O) groups is 2. The van der Waals surface area contributed by atoms with E-state index in [2.05, 4.69) is 0 Å². The maximum absolute atomic E-state index is 13.6. The molecule has 0 fully saturated rings. The van der Waals surface area contributed by atoms with Gasteiger partial charge in [0.05, 0.1) is 17.7 Å². The van der Waals surface area contributed by atoms with E-state index in [-0.39, 0.29) is 28.3 Å². The number of halogens is 4. The lowest BCUT2D eigenvalue weighted by molar-refractivity contribution is -0.0689. The summed E-state index contributed by atoms with van der Waals surface area (Å²) in [4.78, 5) is 24.3. The first-order valence-electron chi connectivity index (χ1n) is 8.41. The van der Waals surface area contributed by atoms with Crippen LogP contribution in [0.2, 0.25) is 5.02 Å². The molecule has 0 saturated carbocycles. The Labute approximate surface area is 165 Å². The fourth-order valence-corrected chi connectivity index (χ4v) is 2.98. The van der Waals surface area contributed by atoms with Crippen LogP contribution in [0.3, 0.4) is 0 Å². The Hall–Kier alpha value is -2.60. The number of hydrogen-bond donors (Lipinski definition) is 0. The van der Waals surface area contributed by atoms with Crippen LogP contribution in [0.15, 0.2) is 42.5 Å². The zero-order valence-electron chi connectivity index (χ0n) is 15.5. The van der Waals surface area contributed by atoms with Crippen LogP contribution in [0.4, 0.5) is 13.2 Å². The number of aryl methyl sites for hydroxylation is 2. The van der Waals surface area contributed by atoms with Crippen molar-refractivity contribution in [2.75, 3.05) is 6.61 Å². The lowest BCUT2D eigenvalue weighted by Crippen LogP contribution is -2.13. The highest BCUT2D eigenvalue weighted by molar-refractivity contribution is 6.30. The van der Waals surface area contributed by atoms with Gasteiger partial charge in [-0.3, -0.25) is 4.79 Å². The minimum Gasteiger partial charge on any atom is -0.462 e. The first kappa shape index (κ1) is 21.7. The van der Waals surface area contributed by atoms with E-state index in [1.807, 2.05) is 0 Å². The van der Waals surface area contributed by atoms with E-state index >= 15 is 0 Å². The summed E-state index contributed by atoms with van der Waals surface area (Å²) >= 11 is 5.87. The number of rotatable bonds is 5. The summed E-state index contributed by atoms with van der Waals surface area (Å²) in [6.45, 7) is 5.04. The minimum atomic E-state index is -4.74. The van der Waals surface area contributed by atoms with Crippen LogP contribution in [0.5, 0.6) is 0 Å². The van der Waals surface area contributed by atoms with Crippen LogP contribution in [-0.2, 0) is 4.74 Å². The molecule has 0 aromatic heterocycles. The third kappa shape index (κ3) is 5.23. The molecule has 0 N–H and O–H groups in total. The molecule has 148 valence electrons. The molecule has 7 heteroatoms. The van der Waals surface area contributed by atoms with Crippen LogP contribution < -0.4 is 0 Å². The molecule has 2 aromatic rings. The van der Waals surface area contributed by atoms with Gasteiger partial charge in [0.1, 0.15) is 0 Å². The standard InChI is InChI=1S/C21H18ClF3O3/c1-4-28-20(27)17-6-5-14(9-13(17)3)19(26)11-18(21(23,24)25)15-7-12(2)8-16(22)10-15/h5-11H,4H2,1-3H3. The Balaban J connectivity index is 2.46. The molecule has 0 aliphatic heterocycles. The largest absolute Gasteiger partial charge is 0.462 e. The van der Waals surface area contributed by atoms with E-state index < -0.39 is 23.5 Å². The summed E-state index contributed by atoms with van der Waals surface area (Å²) in [6.07, 6.45) is -4.20. The van der Waals surface area contributed by atoms with Crippen molar-refractivity contribution in [2.45, 2.75) is 26.9 Å². The molecule has 2 aromatic carbocycles. The van der Waals surface area contributed by atoms with E-state index in [4.69, 9.17) is 16.3 Å². The summed E-state index contributed by atoms with van der Waals surface area (Å²) in [5, 5.41) is 0.146. The van der Waals surface area contributed by atoms with Crippen LogP contribution in [0.25, 0.3) is 5.57 Å². The summed E-state index contributed by atoms with van der Waals surface area (Å²) in [7, 11) is 0. The molecule has 0 radical (unpaired) electrons. The molecular formula is C21H18ClF3O3. The SMILES string of the molecule is CCOC(=O)c1ccc(C(=O)C=C(c2cc(C)cc(Cl)c2)C(F)(F)F)cc1C. The van der Waals surface area contributed by atoms with Crippen LogP contribution in [0, 0.1) is 13.8 Å². The van der Waals surface area contributed by atoms with Crippen LogP contribution in [-0.4, -0.2) is 24.5 Å². The van der Waals surface area contributed by atoms with Gasteiger partial charge >= 0.3 is 12.1 Å². The number of esters is 1. The highest BCUT2D eigenvalue weighted by atomic mass is 35.5. The second-order valence-electron chi connectivity index (χ2n) is 6.19. The highest BCUT2D eigenvalue weighted by Crippen LogP contribution is 2.35. The summed E-state index contributed by atoms with van der Waals surface area (Å²) in [5.41, 5.74) is -0.0135. The summed E-state index contributed by atoms with van der Waals surface area (Å²) in [6, 6.07) is 8.03. The van der Waals surface area contributed by atoms with E-state index in [0.717, 1.165) is 6.07 Å². The molecule has 0 saturated heterocycles. The fraction of sp³-hybridized carbons (Fsp3) is 0.238. The lowest BCUT2D eigenvalue weighted by Gasteiger charge is -2.13. The van der Waals surface area contributed by atoms with Crippen molar-refractivity contribution in [3.63, 3.8) is 0 Å². The van der Waals surface area contributed by atoms with Gasteiger partial charge in [0, 0.05) is 10.6 Å². The van der Waals surface area contributed by atoms with Crippen molar-refractivity contribution >= 4 is 28.9 Å². The van der Waals surface area contributed by atoms with Crippen molar-refractivity contribution in [3.8, 4) is 0 Å². The molecule has 0 heterocycles. The molecule has 3 nitrogen and oxygen atoms in total. The Kier molecular flexibility index (Phi) is 6.67. The zero-order valence-corrected chi connectivity index (χ0v) is 16.2. The Morgan fingerprint density at radius 3 is 2.29 bits per heavy atom. The van der Waals surface area contributed by atoms with E-state index in [0.29, 0.717) is 17.2 Å². The second-order valence-corrected chi connectivity index (χ2v) is 6.62. The molecule has 0 unspecified atom stereocenters. The number of allylic oxidation sites excluding steroid dienone is 2. The van der Waals surface area contributed by atoms with E-state index in [1.165, 1.54) is 30.3 Å². The van der Waals surface area contributed by atoms with Gasteiger partial charge in [0.15, 0.2) is 5.78 Å². The molecular weight excluding hydrogens is 393 g/mol. The third-order valence-electron chi connectivity index (χ3n) is 3.94. The van der Waals surface area contributed by atoms with Crippen molar-refractivity contribution in [1.82, 2.24) is 0 Å². The van der Waals surface area contributed by atoms with Crippen LogP contribution >= 0.6 is 11.6 Å². The number of carbonyl (C=O) groups excluding carboxylic acids is 2. The quantitative estimate of drug-likeness (QED) is 0.347. The molecule has 0 aliphatic rings. The van der Waals surface area contributed by atoms with Crippen molar-refractivity contribution in [1.29, 1.82) is 0 Å². The summed E-state index contributed by atoms with van der Waals surface area (Å²) < 4.78 is 45.6. The van der Waals surface area contributed by atoms with Gasteiger partial charge in [0.25, 0.3) is 0 Å². The second kappa shape index (κ2) is 8.61. The van der Waals surface area contributed by atoms with Gasteiger partial charge in [-0.1, -0.05) is 23.7 Å². The Morgan fingerprint density at radius 2 is 1.75 bits per heavy atom. The van der Waals surface area contributed by atoms with Gasteiger partial charge in [-0.2, -0.15) is 13.2 Å². The maximum atomic E-state index is 13.6. The molecule has 0 aliphatic carbocycles. The molecule has 28 heavy (non-hydrogen) atoms. The third-order valence-corrected chi connectivity index (χ3v) is 4.16. The predicted molar refractivity (Wildman–Crippen MR) is 102 cm³/mol. The maximum Gasteiger partial charge on any atom is 0.417 e. The van der Waals surface area contributed by atoms with Crippen molar-refractivity contribution in [2.24, 2.45) is 0 Å². The minimum absolute atomic E-state index is 0.0334. The fourth-order valence-electron chi connectivity index (χ4n) is 2.69. The number of ketones is 1. The monoisotopic (exact) mass is 410 g/mol. The summed E-state index contributed by atoms with van der Waals surface area (Å²) in [5.74, 6) is -1.39. The van der Waals surface area contributed by atoms with Gasteiger partial charge in [-0.15, -0.1) is 0 Å². The Bertz CT molecular complexity index is 926. The lowest BCUT2D eigenvalue weighted by atomic mass is 9.98. The number of benzene rings is 2. The van der Waals surface area contributed by atoms with E-state index in [1.54, 1.807) is 20.8 Å². The molecule has 0 bridgehead atoms. The topological polar surface area (TPSA) is 43.4 Å². The van der Waals surface area contributed by atoms with Crippen molar-refractivity contribution in [3.05, 3.63) is 75.3 Å². The average molecular weight is 411 g/mol. The van der Waals surface area contributed by atoms with Crippen molar-refractivity contribution < 1.29 is 27.5 Å². The first-order chi connectivity index (χ1) is 13.0. The number of alkyl halides is 3. The van der Waals surface area contributed by atoms with Gasteiger partial charge in [-0.25, -0.2) is 4.79 Å². The zero-order chi connectivity index (χ0) is 21.1. The molecule has 0 spiro atoms. The van der Waals surface area contributed by atoms with Crippen LogP contribution in [0.1, 0.15) is 44.3 Å². The van der Waals surface area contributed by atoms with Gasteiger partial charge < -0.3 is 4.74 Å².